The quantitative estimate of drug-likeness (QED) is 0.441. The van der Waals surface area contributed by atoms with Crippen molar-refractivity contribution in [3.05, 3.63) is 70.1 Å². The van der Waals surface area contributed by atoms with Crippen LogP contribution in [-0.4, -0.2) is 36.6 Å². The van der Waals surface area contributed by atoms with E-state index < -0.39 is 15.6 Å². The van der Waals surface area contributed by atoms with Crippen molar-refractivity contribution < 1.29 is 13.2 Å². The molecule has 0 radical (unpaired) electrons. The molecule has 2 N–H and O–H groups in total. The number of benzene rings is 2. The van der Waals surface area contributed by atoms with Gasteiger partial charge >= 0.3 is 0 Å². The Morgan fingerprint density at radius 3 is 2.38 bits per heavy atom. The van der Waals surface area contributed by atoms with Crippen LogP contribution in [0.5, 0.6) is 5.75 Å². The van der Waals surface area contributed by atoms with Crippen molar-refractivity contribution in [3.63, 3.8) is 0 Å². The van der Waals surface area contributed by atoms with E-state index in [0.29, 0.717) is 35.7 Å². The first-order chi connectivity index (χ1) is 16.1. The summed E-state index contributed by atoms with van der Waals surface area (Å²) in [6, 6.07) is 13.6. The summed E-state index contributed by atoms with van der Waals surface area (Å²) < 4.78 is 34.8. The van der Waals surface area contributed by atoms with Crippen molar-refractivity contribution in [2.45, 2.75) is 57.9 Å². The lowest BCUT2D eigenvalue weighted by Gasteiger charge is -2.20. The molecule has 3 aromatic rings. The molecule has 1 aromatic heterocycles. The fraction of sp³-hybridized carbons (Fsp3) is 0.360. The van der Waals surface area contributed by atoms with Gasteiger partial charge in [0.15, 0.2) is 0 Å². The molecule has 34 heavy (non-hydrogen) atoms. The molecular formula is C25H32N4O4S. The molecule has 9 heteroatoms. The lowest BCUT2D eigenvalue weighted by molar-refractivity contribution is 0.341. The molecule has 1 heterocycles. The van der Waals surface area contributed by atoms with E-state index in [9.17, 15) is 13.2 Å². The zero-order valence-electron chi connectivity index (χ0n) is 20.3. The largest absolute Gasteiger partial charge is 0.492 e. The van der Waals surface area contributed by atoms with Crippen LogP contribution in [0.3, 0.4) is 0 Å². The molecule has 2 aromatic carbocycles. The number of nitrogens with one attached hydrogen (secondary N) is 2. The highest BCUT2D eigenvalue weighted by Crippen LogP contribution is 2.26. The average Bonchev–Trinajstić information content (AvgIpc) is 3.07. The van der Waals surface area contributed by atoms with Crippen molar-refractivity contribution in [2.75, 3.05) is 6.61 Å². The van der Waals surface area contributed by atoms with Crippen LogP contribution in [-0.2, 0) is 16.4 Å². The van der Waals surface area contributed by atoms with Gasteiger partial charge in [-0.1, -0.05) is 25.5 Å². The maximum atomic E-state index is 13.2. The number of aryl methyl sites for hydroxylation is 1. The number of hydrogen-bond donors (Lipinski definition) is 2. The fourth-order valence-corrected chi connectivity index (χ4v) is 4.88. The molecule has 0 unspecified atom stereocenters. The van der Waals surface area contributed by atoms with Gasteiger partial charge in [0.2, 0.25) is 10.0 Å². The molecule has 0 spiro atoms. The molecule has 0 saturated heterocycles. The minimum Gasteiger partial charge on any atom is -0.492 e. The summed E-state index contributed by atoms with van der Waals surface area (Å²) >= 11 is 0. The van der Waals surface area contributed by atoms with Crippen LogP contribution in [0.4, 0.5) is 5.69 Å². The van der Waals surface area contributed by atoms with Crippen molar-refractivity contribution >= 4 is 21.9 Å². The van der Waals surface area contributed by atoms with Gasteiger partial charge in [0.25, 0.3) is 5.56 Å². The number of hydrogen-bond acceptors (Lipinski definition) is 5. The van der Waals surface area contributed by atoms with E-state index in [1.807, 2.05) is 38.1 Å². The summed E-state index contributed by atoms with van der Waals surface area (Å²) in [6.45, 7) is 9.79. The van der Waals surface area contributed by atoms with E-state index in [-0.39, 0.29) is 10.5 Å². The number of nitrogens with zero attached hydrogens (tertiary/aromatic N) is 2. The van der Waals surface area contributed by atoms with Gasteiger partial charge in [-0.25, -0.2) is 17.8 Å². The SMILES string of the molecule is CCCc1[nH]n(-c2ccc(S(=O)(=O)NC(C)(C)C)cc2)c(=O)c1C=Nc1ccccc1OCC. The smallest absolute Gasteiger partial charge is 0.280 e. The summed E-state index contributed by atoms with van der Waals surface area (Å²) in [6.07, 6.45) is 3.06. The third-order valence-corrected chi connectivity index (χ3v) is 6.62. The van der Waals surface area contributed by atoms with Gasteiger partial charge < -0.3 is 4.74 Å². The molecule has 0 saturated carbocycles. The Labute approximate surface area is 200 Å². The van der Waals surface area contributed by atoms with Crippen molar-refractivity contribution in [2.24, 2.45) is 4.99 Å². The Morgan fingerprint density at radius 2 is 1.76 bits per heavy atom. The molecule has 0 aliphatic carbocycles. The number of H-pyrrole nitrogens is 1. The van der Waals surface area contributed by atoms with Crippen LogP contribution < -0.4 is 15.0 Å². The second-order valence-corrected chi connectivity index (χ2v) is 10.6. The molecule has 182 valence electrons. The summed E-state index contributed by atoms with van der Waals surface area (Å²) in [7, 11) is -3.67. The van der Waals surface area contributed by atoms with Crippen LogP contribution in [0.2, 0.25) is 0 Å². The summed E-state index contributed by atoms with van der Waals surface area (Å²) in [5.41, 5.74) is 1.53. The Balaban J connectivity index is 1.97. The van der Waals surface area contributed by atoms with Gasteiger partial charge in [-0.3, -0.25) is 14.9 Å². The van der Waals surface area contributed by atoms with E-state index >= 15 is 0 Å². The Morgan fingerprint density at radius 1 is 1.09 bits per heavy atom. The highest BCUT2D eigenvalue weighted by Gasteiger charge is 2.22. The molecule has 0 amide bonds. The molecule has 0 fully saturated rings. The predicted octanol–water partition coefficient (Wildman–Crippen LogP) is 4.34. The lowest BCUT2D eigenvalue weighted by atomic mass is 10.1. The molecule has 0 aliphatic heterocycles. The van der Waals surface area contributed by atoms with Crippen LogP contribution in [0, 0.1) is 0 Å². The van der Waals surface area contributed by atoms with E-state index in [2.05, 4.69) is 14.8 Å². The third kappa shape index (κ3) is 6.03. The minimum atomic E-state index is -3.67. The highest BCUT2D eigenvalue weighted by molar-refractivity contribution is 7.89. The first-order valence-electron chi connectivity index (χ1n) is 11.3. The number of rotatable bonds is 9. The zero-order valence-corrected chi connectivity index (χ0v) is 21.1. The number of ether oxygens (including phenoxy) is 1. The first kappa shape index (κ1) is 25.5. The molecule has 0 aliphatic rings. The molecule has 8 nitrogen and oxygen atoms in total. The van der Waals surface area contributed by atoms with E-state index in [0.717, 1.165) is 12.1 Å². The molecule has 0 bridgehead atoms. The van der Waals surface area contributed by atoms with Gasteiger partial charge in [-0.2, -0.15) is 0 Å². The van der Waals surface area contributed by atoms with Gasteiger partial charge in [-0.15, -0.1) is 0 Å². The Bertz CT molecular complexity index is 1310. The number of aliphatic imine (C=N–C) groups is 1. The van der Waals surface area contributed by atoms with Crippen LogP contribution in [0.25, 0.3) is 5.69 Å². The van der Waals surface area contributed by atoms with Crippen molar-refractivity contribution in [3.8, 4) is 11.4 Å². The minimum absolute atomic E-state index is 0.133. The van der Waals surface area contributed by atoms with Gasteiger partial charge in [0.05, 0.1) is 22.8 Å². The molecule has 3 rings (SSSR count). The number of para-hydroxylation sites is 2. The number of aromatic nitrogens is 2. The van der Waals surface area contributed by atoms with Gasteiger partial charge in [0.1, 0.15) is 11.4 Å². The topological polar surface area (TPSA) is 106 Å². The lowest BCUT2D eigenvalue weighted by Crippen LogP contribution is -2.40. The second-order valence-electron chi connectivity index (χ2n) is 8.90. The average molecular weight is 485 g/mol. The van der Waals surface area contributed by atoms with Crippen molar-refractivity contribution in [1.29, 1.82) is 0 Å². The van der Waals surface area contributed by atoms with Gasteiger partial charge in [-0.05, 0) is 70.5 Å². The van der Waals surface area contributed by atoms with E-state index in [4.69, 9.17) is 4.74 Å². The second kappa shape index (κ2) is 10.4. The Hall–Kier alpha value is -3.17. The maximum Gasteiger partial charge on any atom is 0.280 e. The third-order valence-electron chi connectivity index (χ3n) is 4.85. The molecular weight excluding hydrogens is 452 g/mol. The summed E-state index contributed by atoms with van der Waals surface area (Å²) in [5, 5.41) is 3.16. The fourth-order valence-electron chi connectivity index (χ4n) is 3.46. The van der Waals surface area contributed by atoms with Crippen LogP contribution in [0.15, 0.2) is 63.2 Å². The molecule has 0 atom stereocenters. The standard InChI is InChI=1S/C25H32N4O4S/c1-6-10-21-20(17-26-22-11-8-9-12-23(22)33-7-2)24(30)29(27-21)18-13-15-19(16-14-18)34(31,32)28-25(3,4)5/h8-9,11-17,27-28H,6-7,10H2,1-5H3. The normalized spacial score (nSPS) is 12.4. The van der Waals surface area contributed by atoms with E-state index in [1.54, 1.807) is 39.1 Å². The summed E-state index contributed by atoms with van der Waals surface area (Å²) in [4.78, 5) is 17.9. The Kier molecular flexibility index (Phi) is 7.78. The maximum absolute atomic E-state index is 13.2. The van der Waals surface area contributed by atoms with Crippen molar-refractivity contribution in [1.82, 2.24) is 14.5 Å². The first-order valence-corrected chi connectivity index (χ1v) is 12.8. The number of sulfonamides is 1. The van der Waals surface area contributed by atoms with Crippen LogP contribution in [0.1, 0.15) is 52.3 Å². The highest BCUT2D eigenvalue weighted by atomic mass is 32.2. The monoisotopic (exact) mass is 484 g/mol. The number of aromatic amines is 1. The van der Waals surface area contributed by atoms with Crippen LogP contribution >= 0.6 is 0 Å². The summed E-state index contributed by atoms with van der Waals surface area (Å²) in [5.74, 6) is 0.648. The van der Waals surface area contributed by atoms with E-state index in [1.165, 1.54) is 16.8 Å². The predicted molar refractivity (Wildman–Crippen MR) is 135 cm³/mol. The van der Waals surface area contributed by atoms with Gasteiger partial charge in [0, 0.05) is 17.4 Å². The zero-order chi connectivity index (χ0) is 24.9.